The minimum Gasteiger partial charge on any atom is -0.598 e. The van der Waals surface area contributed by atoms with Crippen molar-refractivity contribution in [3.8, 4) is 0 Å². The van der Waals surface area contributed by atoms with Crippen LogP contribution in [0.15, 0.2) is 26.4 Å². The lowest BCUT2D eigenvalue weighted by molar-refractivity contribution is -0.137. The molecule has 9 heteroatoms. The van der Waals surface area contributed by atoms with Crippen LogP contribution in [0.3, 0.4) is 0 Å². The zero-order valence-electron chi connectivity index (χ0n) is 16.6. The first-order valence-electron chi connectivity index (χ1n) is 8.76. The second-order valence-corrected chi connectivity index (χ2v) is 10.7. The SMILES string of the molecule is CCSc1oc2c(C(C)N[S@+]([O-])C(C)(C)C)cc(C(F)(F)F)cc2c(=O)c1C. The third kappa shape index (κ3) is 4.87. The van der Waals surface area contributed by atoms with Gasteiger partial charge in [0.1, 0.15) is 10.3 Å². The van der Waals surface area contributed by atoms with Crippen LogP contribution in [0.1, 0.15) is 57.4 Å². The van der Waals surface area contributed by atoms with Crippen LogP contribution in [0.2, 0.25) is 0 Å². The molecule has 0 bridgehead atoms. The van der Waals surface area contributed by atoms with Crippen LogP contribution in [0.25, 0.3) is 11.0 Å². The van der Waals surface area contributed by atoms with Crippen LogP contribution in [-0.4, -0.2) is 15.1 Å². The first kappa shape index (κ1) is 23.1. The average Bonchev–Trinajstić information content (AvgIpc) is 2.57. The number of nitrogens with one attached hydrogen (secondary N) is 1. The third-order valence-electron chi connectivity index (χ3n) is 4.11. The zero-order chi connectivity index (χ0) is 21.4. The Morgan fingerprint density at radius 1 is 1.29 bits per heavy atom. The fraction of sp³-hybridized carbons (Fsp3) is 0.526. The Hall–Kier alpha value is -1.16. The summed E-state index contributed by atoms with van der Waals surface area (Å²) >= 11 is -0.203. The molecular weight excluding hydrogens is 411 g/mol. The monoisotopic (exact) mass is 435 g/mol. The summed E-state index contributed by atoms with van der Waals surface area (Å²) in [5.74, 6) is 0.646. The Kier molecular flexibility index (Phi) is 6.85. The maximum absolute atomic E-state index is 13.4. The second kappa shape index (κ2) is 8.30. The molecule has 2 rings (SSSR count). The number of halogens is 3. The molecule has 0 aliphatic heterocycles. The van der Waals surface area contributed by atoms with Crippen molar-refractivity contribution in [3.63, 3.8) is 0 Å². The van der Waals surface area contributed by atoms with Crippen molar-refractivity contribution in [2.75, 3.05) is 5.75 Å². The molecule has 1 aromatic heterocycles. The molecule has 0 saturated heterocycles. The Bertz CT molecular complexity index is 920. The highest BCUT2D eigenvalue weighted by Crippen LogP contribution is 2.36. The molecule has 2 aromatic rings. The normalized spacial score (nSPS) is 15.1. The van der Waals surface area contributed by atoms with Gasteiger partial charge in [0.2, 0.25) is 0 Å². The molecule has 0 saturated carbocycles. The van der Waals surface area contributed by atoms with E-state index in [2.05, 4.69) is 4.72 Å². The minimum atomic E-state index is -4.62. The van der Waals surface area contributed by atoms with E-state index < -0.39 is 39.3 Å². The van der Waals surface area contributed by atoms with Crippen molar-refractivity contribution >= 4 is 34.1 Å². The number of alkyl halides is 3. The standard InChI is InChI=1S/C19H24F3NO3S2/c1-7-27-17-10(2)15(24)14-9-12(19(20,21)22)8-13(16(14)26-17)11(3)23-28(25)18(4,5)6/h8-9,11,23H,7H2,1-6H3/t11?,28-/m1/s1. The summed E-state index contributed by atoms with van der Waals surface area (Å²) in [5, 5.41) is 0.253. The van der Waals surface area contributed by atoms with Crippen molar-refractivity contribution in [1.29, 1.82) is 0 Å². The maximum atomic E-state index is 13.4. The van der Waals surface area contributed by atoms with Gasteiger partial charge in [-0.05, 0) is 52.5 Å². The van der Waals surface area contributed by atoms with Gasteiger partial charge >= 0.3 is 6.18 Å². The molecule has 1 aromatic carbocycles. The smallest absolute Gasteiger partial charge is 0.416 e. The number of rotatable bonds is 5. The molecule has 0 spiro atoms. The molecule has 4 nitrogen and oxygen atoms in total. The number of benzene rings is 1. The predicted octanol–water partition coefficient (Wildman–Crippen LogP) is 5.35. The van der Waals surface area contributed by atoms with Gasteiger partial charge in [-0.3, -0.25) is 4.79 Å². The van der Waals surface area contributed by atoms with Gasteiger partial charge in [-0.2, -0.15) is 13.2 Å². The highest BCUT2D eigenvalue weighted by atomic mass is 32.2. The van der Waals surface area contributed by atoms with E-state index in [4.69, 9.17) is 4.42 Å². The molecule has 156 valence electrons. The summed E-state index contributed by atoms with van der Waals surface area (Å²) in [6, 6.07) is 1.06. The molecule has 1 heterocycles. The Morgan fingerprint density at radius 3 is 2.39 bits per heavy atom. The van der Waals surface area contributed by atoms with Crippen molar-refractivity contribution in [2.45, 2.75) is 63.6 Å². The number of thioether (sulfide) groups is 1. The molecular formula is C19H24F3NO3S2. The number of hydrogen-bond donors (Lipinski definition) is 1. The van der Waals surface area contributed by atoms with Crippen LogP contribution < -0.4 is 10.2 Å². The van der Waals surface area contributed by atoms with E-state index in [9.17, 15) is 22.5 Å². The van der Waals surface area contributed by atoms with Crippen LogP contribution in [-0.2, 0) is 17.5 Å². The van der Waals surface area contributed by atoms with E-state index in [0.29, 0.717) is 10.8 Å². The Morgan fingerprint density at radius 2 is 1.89 bits per heavy atom. The largest absolute Gasteiger partial charge is 0.598 e. The summed E-state index contributed by atoms with van der Waals surface area (Å²) < 4.78 is 60.8. The number of hydrogen-bond acceptors (Lipinski definition) is 5. The van der Waals surface area contributed by atoms with E-state index in [1.54, 1.807) is 34.6 Å². The minimum absolute atomic E-state index is 0.0884. The lowest BCUT2D eigenvalue weighted by Gasteiger charge is -2.27. The van der Waals surface area contributed by atoms with E-state index in [1.165, 1.54) is 11.8 Å². The van der Waals surface area contributed by atoms with Gasteiger partial charge in [-0.25, -0.2) is 0 Å². The highest BCUT2D eigenvalue weighted by Gasteiger charge is 2.35. The maximum Gasteiger partial charge on any atom is 0.416 e. The van der Waals surface area contributed by atoms with E-state index in [-0.39, 0.29) is 22.1 Å². The molecule has 1 unspecified atom stereocenters. The van der Waals surface area contributed by atoms with Crippen molar-refractivity contribution in [1.82, 2.24) is 4.72 Å². The van der Waals surface area contributed by atoms with E-state index in [1.807, 2.05) is 6.92 Å². The van der Waals surface area contributed by atoms with Crippen molar-refractivity contribution in [3.05, 3.63) is 39.0 Å². The first-order valence-corrected chi connectivity index (χ1v) is 10.9. The predicted molar refractivity (Wildman–Crippen MR) is 108 cm³/mol. The van der Waals surface area contributed by atoms with Gasteiger partial charge in [0.05, 0.1) is 17.0 Å². The van der Waals surface area contributed by atoms with E-state index >= 15 is 0 Å². The molecule has 2 atom stereocenters. The summed E-state index contributed by atoms with van der Waals surface area (Å²) in [6.45, 7) is 10.3. The van der Waals surface area contributed by atoms with E-state index in [0.717, 1.165) is 12.1 Å². The fourth-order valence-electron chi connectivity index (χ4n) is 2.55. The quantitative estimate of drug-likeness (QED) is 0.507. The molecule has 28 heavy (non-hydrogen) atoms. The molecule has 0 amide bonds. The van der Waals surface area contributed by atoms with Gasteiger partial charge in [-0.15, -0.1) is 4.72 Å². The van der Waals surface area contributed by atoms with Gasteiger partial charge in [0, 0.05) is 22.5 Å². The van der Waals surface area contributed by atoms with Crippen molar-refractivity contribution in [2.24, 2.45) is 0 Å². The second-order valence-electron chi connectivity index (χ2n) is 7.44. The topological polar surface area (TPSA) is 65.3 Å². The van der Waals surface area contributed by atoms with Crippen LogP contribution >= 0.6 is 11.8 Å². The molecule has 0 radical (unpaired) electrons. The number of fused-ring (bicyclic) bond motifs is 1. The fourth-order valence-corrected chi connectivity index (χ4v) is 4.07. The summed E-state index contributed by atoms with van der Waals surface area (Å²) in [5.41, 5.74) is -0.909. The van der Waals surface area contributed by atoms with Gasteiger partial charge < -0.3 is 8.97 Å². The Balaban J connectivity index is 2.75. The molecule has 0 fully saturated rings. The summed E-state index contributed by atoms with van der Waals surface area (Å²) in [6.07, 6.45) is -4.62. The lowest BCUT2D eigenvalue weighted by atomic mass is 10.0. The average molecular weight is 436 g/mol. The summed E-state index contributed by atoms with van der Waals surface area (Å²) in [4.78, 5) is 12.7. The highest BCUT2D eigenvalue weighted by molar-refractivity contribution is 7.99. The molecule has 0 aliphatic carbocycles. The van der Waals surface area contributed by atoms with Crippen LogP contribution in [0.5, 0.6) is 0 Å². The Labute approximate surface area is 169 Å². The van der Waals surface area contributed by atoms with Crippen LogP contribution in [0.4, 0.5) is 13.2 Å². The van der Waals surface area contributed by atoms with Gasteiger partial charge in [0.25, 0.3) is 0 Å². The summed E-state index contributed by atoms with van der Waals surface area (Å²) in [7, 11) is 0. The third-order valence-corrected chi connectivity index (χ3v) is 6.73. The van der Waals surface area contributed by atoms with Gasteiger partial charge in [0.15, 0.2) is 10.5 Å². The van der Waals surface area contributed by atoms with Crippen LogP contribution in [0, 0.1) is 6.92 Å². The lowest BCUT2D eigenvalue weighted by Crippen LogP contribution is -2.40. The molecule has 1 N–H and O–H groups in total. The van der Waals surface area contributed by atoms with Crippen molar-refractivity contribution < 1.29 is 22.1 Å². The molecule has 0 aliphatic rings. The first-order chi connectivity index (χ1) is 12.8. The van der Waals surface area contributed by atoms with Gasteiger partial charge in [-0.1, -0.05) is 18.7 Å². The zero-order valence-corrected chi connectivity index (χ0v) is 18.2.